The summed E-state index contributed by atoms with van der Waals surface area (Å²) >= 11 is 7.13. The fraction of sp³-hybridized carbons (Fsp3) is 0.136. The number of fused-ring (bicyclic) bond motifs is 1. The van der Waals surface area contributed by atoms with E-state index in [1.807, 2.05) is 42.6 Å². The van der Waals surface area contributed by atoms with Gasteiger partial charge < -0.3 is 25.4 Å². The van der Waals surface area contributed by atoms with Crippen LogP contribution >= 0.6 is 22.9 Å². The molecule has 30 heavy (non-hydrogen) atoms. The average molecular weight is 442 g/mol. The lowest BCUT2D eigenvalue weighted by molar-refractivity contribution is 0.103. The molecule has 0 aliphatic heterocycles. The monoisotopic (exact) mass is 441 g/mol. The summed E-state index contributed by atoms with van der Waals surface area (Å²) in [5.41, 5.74) is 2.48. The smallest absolute Gasteiger partial charge is 0.265 e. The van der Waals surface area contributed by atoms with Crippen LogP contribution in [0.25, 0.3) is 10.8 Å². The topological polar surface area (TPSA) is 86.5 Å². The number of hydrogen-bond donors (Lipinski definition) is 4. The van der Waals surface area contributed by atoms with Crippen LogP contribution in [-0.4, -0.2) is 33.8 Å². The molecule has 0 saturated heterocycles. The van der Waals surface area contributed by atoms with Crippen LogP contribution in [0, 0.1) is 0 Å². The third-order valence-electron chi connectivity index (χ3n) is 4.68. The van der Waals surface area contributed by atoms with E-state index < -0.39 is 0 Å². The van der Waals surface area contributed by atoms with E-state index in [9.17, 15) is 9.90 Å². The minimum Gasteiger partial charge on any atom is -0.494 e. The molecule has 2 aromatic carbocycles. The Morgan fingerprint density at radius 1 is 1.10 bits per heavy atom. The molecule has 154 valence electrons. The molecule has 8 heteroatoms. The van der Waals surface area contributed by atoms with Gasteiger partial charge in [-0.15, -0.1) is 11.3 Å². The number of aliphatic hydroxyl groups excluding tert-OH is 1. The summed E-state index contributed by atoms with van der Waals surface area (Å²) in [5, 5.41) is 27.1. The molecule has 4 N–H and O–H groups in total. The number of carbonyl (C=O) groups is 1. The second-order valence-electron chi connectivity index (χ2n) is 6.76. The van der Waals surface area contributed by atoms with E-state index in [1.54, 1.807) is 22.8 Å². The molecule has 0 aliphatic rings. The summed E-state index contributed by atoms with van der Waals surface area (Å²) in [6.45, 7) is 1.05. The quantitative estimate of drug-likeness (QED) is 0.333. The number of aromatic nitrogens is 1. The third kappa shape index (κ3) is 4.28. The van der Waals surface area contributed by atoms with Crippen LogP contribution in [0.2, 0.25) is 4.34 Å². The molecule has 0 aliphatic carbocycles. The van der Waals surface area contributed by atoms with E-state index >= 15 is 0 Å². The van der Waals surface area contributed by atoms with Gasteiger partial charge in [0.15, 0.2) is 0 Å². The normalized spacial score (nSPS) is 11.0. The van der Waals surface area contributed by atoms with Crippen molar-refractivity contribution in [2.75, 3.05) is 23.8 Å². The van der Waals surface area contributed by atoms with Gasteiger partial charge in [-0.05, 0) is 35.9 Å². The summed E-state index contributed by atoms with van der Waals surface area (Å²) in [6.07, 6.45) is 1.86. The number of nitrogens with one attached hydrogen (secondary N) is 2. The zero-order chi connectivity index (χ0) is 21.1. The van der Waals surface area contributed by atoms with E-state index in [4.69, 9.17) is 16.7 Å². The molecular formula is C22H20ClN3O3S. The van der Waals surface area contributed by atoms with Crippen LogP contribution < -0.4 is 10.6 Å². The average Bonchev–Trinajstić information content (AvgIpc) is 3.32. The van der Waals surface area contributed by atoms with E-state index in [0.717, 1.165) is 16.6 Å². The number of aliphatic hydroxyl groups is 1. The van der Waals surface area contributed by atoms with Gasteiger partial charge in [0.1, 0.15) is 0 Å². The molecule has 2 heterocycles. The number of halogens is 1. The van der Waals surface area contributed by atoms with Crippen molar-refractivity contribution in [1.29, 1.82) is 0 Å². The van der Waals surface area contributed by atoms with Crippen LogP contribution in [0.3, 0.4) is 0 Å². The van der Waals surface area contributed by atoms with Gasteiger partial charge in [0.2, 0.25) is 5.88 Å². The van der Waals surface area contributed by atoms with Crippen molar-refractivity contribution in [2.24, 2.45) is 0 Å². The van der Waals surface area contributed by atoms with Crippen LogP contribution in [0.4, 0.5) is 11.4 Å². The largest absolute Gasteiger partial charge is 0.494 e. The number of amides is 1. The number of rotatable bonds is 7. The van der Waals surface area contributed by atoms with Gasteiger partial charge >= 0.3 is 0 Å². The van der Waals surface area contributed by atoms with Gasteiger partial charge in [-0.2, -0.15) is 0 Å². The fourth-order valence-corrected chi connectivity index (χ4v) is 4.21. The Hall–Kier alpha value is -3.00. The number of nitrogens with zero attached hydrogens (tertiary/aromatic N) is 1. The van der Waals surface area contributed by atoms with Crippen molar-refractivity contribution in [2.45, 2.75) is 6.54 Å². The Balaban J connectivity index is 1.58. The highest BCUT2D eigenvalue weighted by Crippen LogP contribution is 2.35. The molecule has 0 fully saturated rings. The SMILES string of the molecule is O=C(Nc1cccc2cn(Cc3ccc(NCCO)cc3)c(O)c12)c1ccc(Cl)s1. The molecule has 6 nitrogen and oxygen atoms in total. The number of thiophene rings is 1. The first-order valence-corrected chi connectivity index (χ1v) is 10.6. The van der Waals surface area contributed by atoms with Gasteiger partial charge in [-0.1, -0.05) is 35.9 Å². The molecule has 2 aromatic heterocycles. The van der Waals surface area contributed by atoms with E-state index in [1.165, 1.54) is 11.3 Å². The maximum Gasteiger partial charge on any atom is 0.265 e. The molecule has 0 saturated carbocycles. The molecule has 0 radical (unpaired) electrons. The van der Waals surface area contributed by atoms with Gasteiger partial charge in [0.05, 0.1) is 33.4 Å². The highest BCUT2D eigenvalue weighted by Gasteiger charge is 2.16. The van der Waals surface area contributed by atoms with E-state index in [0.29, 0.717) is 33.4 Å². The number of anilines is 2. The lowest BCUT2D eigenvalue weighted by Gasteiger charge is -2.09. The molecular weight excluding hydrogens is 422 g/mol. The van der Waals surface area contributed by atoms with Gasteiger partial charge in [0.25, 0.3) is 5.91 Å². The minimum absolute atomic E-state index is 0.0734. The summed E-state index contributed by atoms with van der Waals surface area (Å²) in [5.74, 6) is -0.176. The first-order chi connectivity index (χ1) is 14.5. The molecule has 0 atom stereocenters. The Bertz CT molecular complexity index is 1180. The Labute approximate surface area is 182 Å². The van der Waals surface area contributed by atoms with Crippen molar-refractivity contribution in [3.8, 4) is 5.88 Å². The summed E-state index contributed by atoms with van der Waals surface area (Å²) in [7, 11) is 0. The summed E-state index contributed by atoms with van der Waals surface area (Å²) in [4.78, 5) is 13.0. The molecule has 1 amide bonds. The lowest BCUT2D eigenvalue weighted by atomic mass is 10.2. The van der Waals surface area contributed by atoms with Crippen molar-refractivity contribution in [3.05, 3.63) is 75.6 Å². The summed E-state index contributed by atoms with van der Waals surface area (Å²) < 4.78 is 2.29. The van der Waals surface area contributed by atoms with Crippen molar-refractivity contribution in [1.82, 2.24) is 4.57 Å². The first kappa shape index (κ1) is 20.3. The molecule has 0 bridgehead atoms. The highest BCUT2D eigenvalue weighted by molar-refractivity contribution is 7.18. The second-order valence-corrected chi connectivity index (χ2v) is 8.47. The van der Waals surface area contributed by atoms with Crippen molar-refractivity contribution < 1.29 is 15.0 Å². The Morgan fingerprint density at radius 3 is 2.60 bits per heavy atom. The number of aromatic hydroxyl groups is 1. The lowest BCUT2D eigenvalue weighted by Crippen LogP contribution is -2.10. The number of benzene rings is 2. The standard InChI is InChI=1S/C22H20ClN3O3S/c23-19-9-8-18(30-19)21(28)25-17-3-1-2-15-13-26(22(29)20(15)17)12-14-4-6-16(7-5-14)24-10-11-27/h1-9,13,24,27,29H,10-12H2,(H,25,28). The number of hydrogen-bond acceptors (Lipinski definition) is 5. The minimum atomic E-state index is -0.266. The van der Waals surface area contributed by atoms with Crippen LogP contribution in [0.5, 0.6) is 5.88 Å². The maximum atomic E-state index is 12.5. The maximum absolute atomic E-state index is 12.5. The Morgan fingerprint density at radius 2 is 1.90 bits per heavy atom. The molecule has 0 unspecified atom stereocenters. The zero-order valence-electron chi connectivity index (χ0n) is 15.9. The second kappa shape index (κ2) is 8.79. The van der Waals surface area contributed by atoms with Crippen LogP contribution in [0.1, 0.15) is 15.2 Å². The highest BCUT2D eigenvalue weighted by atomic mass is 35.5. The van der Waals surface area contributed by atoms with Gasteiger partial charge in [-0.3, -0.25) is 4.79 Å². The van der Waals surface area contributed by atoms with Crippen molar-refractivity contribution >= 4 is 51.0 Å². The number of carbonyl (C=O) groups excluding carboxylic acids is 1. The summed E-state index contributed by atoms with van der Waals surface area (Å²) in [6, 6.07) is 16.6. The third-order valence-corrected chi connectivity index (χ3v) is 5.91. The predicted octanol–water partition coefficient (Wildman–Crippen LogP) is 4.77. The van der Waals surface area contributed by atoms with Crippen LogP contribution in [-0.2, 0) is 6.54 Å². The van der Waals surface area contributed by atoms with Crippen molar-refractivity contribution in [3.63, 3.8) is 0 Å². The van der Waals surface area contributed by atoms with E-state index in [2.05, 4.69) is 10.6 Å². The molecule has 0 spiro atoms. The fourth-order valence-electron chi connectivity index (χ4n) is 3.27. The van der Waals surface area contributed by atoms with Crippen LogP contribution in [0.15, 0.2) is 60.8 Å². The molecule has 4 aromatic rings. The predicted molar refractivity (Wildman–Crippen MR) is 122 cm³/mol. The molecule has 4 rings (SSSR count). The van der Waals surface area contributed by atoms with E-state index in [-0.39, 0.29) is 18.4 Å². The first-order valence-electron chi connectivity index (χ1n) is 9.36. The van der Waals surface area contributed by atoms with Gasteiger partial charge in [-0.25, -0.2) is 0 Å². The Kier molecular flexibility index (Phi) is 5.94. The van der Waals surface area contributed by atoms with Gasteiger partial charge in [0, 0.05) is 23.8 Å². The zero-order valence-corrected chi connectivity index (χ0v) is 17.5.